The number of carbonyl (C=O) groups is 2. The van der Waals surface area contributed by atoms with E-state index in [4.69, 9.17) is 0 Å². The number of hydrogen-bond acceptors (Lipinski definition) is 4. The van der Waals surface area contributed by atoms with Gasteiger partial charge < -0.3 is 10.2 Å². The molecule has 2 amide bonds. The number of carbonyl (C=O) groups excluding carboxylic acids is 2. The van der Waals surface area contributed by atoms with Crippen molar-refractivity contribution in [3.05, 3.63) is 22.2 Å². The second-order valence-electron chi connectivity index (χ2n) is 8.75. The molecule has 2 aliphatic heterocycles. The van der Waals surface area contributed by atoms with E-state index in [0.29, 0.717) is 48.9 Å². The van der Waals surface area contributed by atoms with Crippen molar-refractivity contribution in [2.45, 2.75) is 69.2 Å². The largest absolute Gasteiger partial charge is 0.353 e. The molecule has 4 rings (SSSR count). The van der Waals surface area contributed by atoms with E-state index in [0.717, 1.165) is 31.2 Å². The number of nitrogens with zero attached hydrogens (tertiary/aromatic N) is 2. The van der Waals surface area contributed by atoms with Crippen molar-refractivity contribution in [3.63, 3.8) is 0 Å². The molecule has 7 nitrogen and oxygen atoms in total. The molecule has 2 heterocycles. The molecule has 0 radical (unpaired) electrons. The first kappa shape index (κ1) is 22.7. The Balaban J connectivity index is 1.60. The highest BCUT2D eigenvalue weighted by Crippen LogP contribution is 2.39. The average molecular weight is 512 g/mol. The molecule has 170 valence electrons. The van der Waals surface area contributed by atoms with Gasteiger partial charge in [0, 0.05) is 36.6 Å². The summed E-state index contributed by atoms with van der Waals surface area (Å²) < 4.78 is 29.5. The Hall–Kier alpha value is -1.45. The Bertz CT molecular complexity index is 975. The molecule has 1 saturated carbocycles. The summed E-state index contributed by atoms with van der Waals surface area (Å²) >= 11 is 3.44. The minimum Gasteiger partial charge on any atom is -0.353 e. The second kappa shape index (κ2) is 9.19. The van der Waals surface area contributed by atoms with E-state index < -0.39 is 10.0 Å². The van der Waals surface area contributed by atoms with Crippen molar-refractivity contribution in [2.24, 2.45) is 5.92 Å². The molecule has 1 aromatic rings. The lowest BCUT2D eigenvalue weighted by Gasteiger charge is -2.33. The molecular formula is C22H30BrN3O4S. The van der Waals surface area contributed by atoms with Gasteiger partial charge in [-0.05, 0) is 49.8 Å². The minimum atomic E-state index is -3.85. The standard InChI is InChI=1S/C22H30BrN3O4S/c1-2-20(27)26-11-9-15-12-17(23)13-19(21(15)26)31(29,30)25-10-5-6-16(14-25)22(28)24-18-7-3-4-8-18/h12-13,16,18H,2-11,14H2,1H3,(H,24,28)/t16-/m1/s1. The third-order valence-corrected chi connectivity index (χ3v) is 9.01. The van der Waals surface area contributed by atoms with E-state index >= 15 is 0 Å². The summed E-state index contributed by atoms with van der Waals surface area (Å²) in [6.45, 7) is 2.85. The summed E-state index contributed by atoms with van der Waals surface area (Å²) in [4.78, 5) is 27.0. The van der Waals surface area contributed by atoms with Crippen LogP contribution < -0.4 is 10.2 Å². The molecule has 1 atom stereocenters. The van der Waals surface area contributed by atoms with E-state index in [-0.39, 0.29) is 35.2 Å². The van der Waals surface area contributed by atoms with Gasteiger partial charge in [0.1, 0.15) is 4.90 Å². The van der Waals surface area contributed by atoms with Gasteiger partial charge in [0.2, 0.25) is 21.8 Å². The molecule has 9 heteroatoms. The van der Waals surface area contributed by atoms with Gasteiger partial charge in [0.25, 0.3) is 0 Å². The fourth-order valence-corrected chi connectivity index (χ4v) is 7.45. The Labute approximate surface area is 192 Å². The number of fused-ring (bicyclic) bond motifs is 1. The number of halogens is 1. The smallest absolute Gasteiger partial charge is 0.245 e. The number of rotatable bonds is 5. The quantitative estimate of drug-likeness (QED) is 0.657. The summed E-state index contributed by atoms with van der Waals surface area (Å²) in [5, 5.41) is 3.12. The highest BCUT2D eigenvalue weighted by Gasteiger charge is 2.38. The number of hydrogen-bond donors (Lipinski definition) is 1. The van der Waals surface area contributed by atoms with Gasteiger partial charge in [0.15, 0.2) is 0 Å². The van der Waals surface area contributed by atoms with E-state index in [1.165, 1.54) is 4.31 Å². The highest BCUT2D eigenvalue weighted by atomic mass is 79.9. The van der Waals surface area contributed by atoms with Crippen LogP contribution in [0.4, 0.5) is 5.69 Å². The van der Waals surface area contributed by atoms with E-state index in [1.807, 2.05) is 6.07 Å². The third-order valence-electron chi connectivity index (χ3n) is 6.67. The first-order valence-electron chi connectivity index (χ1n) is 11.2. The zero-order valence-electron chi connectivity index (χ0n) is 17.9. The maximum Gasteiger partial charge on any atom is 0.245 e. The number of sulfonamides is 1. The lowest BCUT2D eigenvalue weighted by molar-refractivity contribution is -0.126. The molecule has 3 aliphatic rings. The van der Waals surface area contributed by atoms with Gasteiger partial charge in [-0.2, -0.15) is 4.31 Å². The van der Waals surface area contributed by atoms with Gasteiger partial charge >= 0.3 is 0 Å². The topological polar surface area (TPSA) is 86.8 Å². The van der Waals surface area contributed by atoms with Crippen molar-refractivity contribution >= 4 is 43.5 Å². The molecule has 2 fully saturated rings. The number of nitrogens with one attached hydrogen (secondary N) is 1. The predicted molar refractivity (Wildman–Crippen MR) is 122 cm³/mol. The van der Waals surface area contributed by atoms with Crippen LogP contribution in [-0.2, 0) is 26.0 Å². The SMILES string of the molecule is CCC(=O)N1CCc2cc(Br)cc(S(=O)(=O)N3CCC[C@@H](C(=O)NC4CCCC4)C3)c21. The monoisotopic (exact) mass is 511 g/mol. The van der Waals surface area contributed by atoms with E-state index in [2.05, 4.69) is 21.2 Å². The normalized spacial score (nSPS) is 22.5. The van der Waals surface area contributed by atoms with Crippen molar-refractivity contribution in [1.29, 1.82) is 0 Å². The average Bonchev–Trinajstić information content (AvgIpc) is 3.42. The van der Waals surface area contributed by atoms with Gasteiger partial charge in [-0.1, -0.05) is 35.7 Å². The van der Waals surface area contributed by atoms with Crippen molar-refractivity contribution in [1.82, 2.24) is 9.62 Å². The van der Waals surface area contributed by atoms with E-state index in [1.54, 1.807) is 17.9 Å². The fourth-order valence-electron chi connectivity index (χ4n) is 5.01. The molecule has 1 N–H and O–H groups in total. The molecule has 0 spiro atoms. The summed E-state index contributed by atoms with van der Waals surface area (Å²) in [7, 11) is -3.85. The fraction of sp³-hybridized carbons (Fsp3) is 0.636. The van der Waals surface area contributed by atoms with Gasteiger partial charge in [-0.3, -0.25) is 9.59 Å². The Morgan fingerprint density at radius 1 is 1.13 bits per heavy atom. The van der Waals surface area contributed by atoms with Gasteiger partial charge in [-0.25, -0.2) is 8.42 Å². The Morgan fingerprint density at radius 2 is 1.87 bits per heavy atom. The van der Waals surface area contributed by atoms with Crippen LogP contribution in [0, 0.1) is 5.92 Å². The molecule has 1 aliphatic carbocycles. The zero-order valence-corrected chi connectivity index (χ0v) is 20.3. The minimum absolute atomic E-state index is 0.0333. The molecule has 0 bridgehead atoms. The highest BCUT2D eigenvalue weighted by molar-refractivity contribution is 9.10. The van der Waals surface area contributed by atoms with Crippen LogP contribution in [0.15, 0.2) is 21.5 Å². The maximum atomic E-state index is 13.7. The molecule has 1 saturated heterocycles. The Kier molecular flexibility index (Phi) is 6.74. The first-order chi connectivity index (χ1) is 14.8. The predicted octanol–water partition coefficient (Wildman–Crippen LogP) is 3.21. The van der Waals surface area contributed by atoms with Crippen molar-refractivity contribution in [3.8, 4) is 0 Å². The molecule has 0 unspecified atom stereocenters. The summed E-state index contributed by atoms with van der Waals surface area (Å²) in [5.41, 5.74) is 1.37. The lowest BCUT2D eigenvalue weighted by Crippen LogP contribution is -2.47. The van der Waals surface area contributed by atoms with E-state index in [9.17, 15) is 18.0 Å². The number of anilines is 1. The molecule has 0 aromatic heterocycles. The molecular weight excluding hydrogens is 482 g/mol. The van der Waals surface area contributed by atoms with Crippen LogP contribution in [0.5, 0.6) is 0 Å². The van der Waals surface area contributed by atoms with Crippen molar-refractivity contribution in [2.75, 3.05) is 24.5 Å². The number of piperidine rings is 1. The lowest BCUT2D eigenvalue weighted by atomic mass is 9.98. The number of amides is 2. The number of benzene rings is 1. The first-order valence-corrected chi connectivity index (χ1v) is 13.5. The van der Waals surface area contributed by atoms with Crippen LogP contribution in [0.2, 0.25) is 0 Å². The van der Waals surface area contributed by atoms with Crippen LogP contribution in [0.25, 0.3) is 0 Å². The van der Waals surface area contributed by atoms with Gasteiger partial charge in [0.05, 0.1) is 11.6 Å². The van der Waals surface area contributed by atoms with Crippen LogP contribution in [0.3, 0.4) is 0 Å². The molecule has 31 heavy (non-hydrogen) atoms. The maximum absolute atomic E-state index is 13.7. The summed E-state index contributed by atoms with van der Waals surface area (Å²) in [6.07, 6.45) is 6.58. The van der Waals surface area contributed by atoms with Crippen LogP contribution in [-0.4, -0.2) is 50.2 Å². The van der Waals surface area contributed by atoms with Crippen LogP contribution in [0.1, 0.15) is 57.4 Å². The Morgan fingerprint density at radius 3 is 2.58 bits per heavy atom. The summed E-state index contributed by atoms with van der Waals surface area (Å²) in [5.74, 6) is -0.447. The molecule has 1 aromatic carbocycles. The van der Waals surface area contributed by atoms with Crippen LogP contribution >= 0.6 is 15.9 Å². The second-order valence-corrected chi connectivity index (χ2v) is 11.6. The third kappa shape index (κ3) is 4.54. The van der Waals surface area contributed by atoms with Gasteiger partial charge in [-0.15, -0.1) is 0 Å². The summed E-state index contributed by atoms with van der Waals surface area (Å²) in [6, 6.07) is 3.71. The van der Waals surface area contributed by atoms with Crippen molar-refractivity contribution < 1.29 is 18.0 Å². The zero-order chi connectivity index (χ0) is 22.2.